The molecule has 2 aromatic carbocycles. The first-order valence-electron chi connectivity index (χ1n) is 8.10. The highest BCUT2D eigenvalue weighted by Gasteiger charge is 2.03. The van der Waals surface area contributed by atoms with Gasteiger partial charge in [0.2, 0.25) is 0 Å². The van der Waals surface area contributed by atoms with Crippen molar-refractivity contribution in [1.82, 2.24) is 16.0 Å². The molecule has 0 aromatic heterocycles. The maximum atomic E-state index is 11.5. The lowest BCUT2D eigenvalue weighted by atomic mass is 10.1. The van der Waals surface area contributed by atoms with Crippen molar-refractivity contribution in [3.8, 4) is 0 Å². The monoisotopic (exact) mass is 452 g/mol. The number of rotatable bonds is 6. The van der Waals surface area contributed by atoms with Crippen molar-refractivity contribution >= 4 is 35.8 Å². The van der Waals surface area contributed by atoms with Crippen LogP contribution in [0.15, 0.2) is 59.6 Å². The van der Waals surface area contributed by atoms with Gasteiger partial charge in [0.05, 0.1) is 6.54 Å². The van der Waals surface area contributed by atoms with Crippen molar-refractivity contribution in [3.05, 3.63) is 71.3 Å². The fourth-order valence-corrected chi connectivity index (χ4v) is 2.20. The van der Waals surface area contributed by atoms with E-state index in [1.54, 1.807) is 7.05 Å². The fourth-order valence-electron chi connectivity index (χ4n) is 2.20. The summed E-state index contributed by atoms with van der Waals surface area (Å²) >= 11 is 0. The van der Waals surface area contributed by atoms with Gasteiger partial charge in [-0.05, 0) is 30.2 Å². The Morgan fingerprint density at radius 1 is 0.960 bits per heavy atom. The number of nitrogens with zero attached hydrogens (tertiary/aromatic N) is 1. The minimum Gasteiger partial charge on any atom is -0.357 e. The summed E-state index contributed by atoms with van der Waals surface area (Å²) in [7, 11) is 1.63. The number of halogens is 1. The van der Waals surface area contributed by atoms with E-state index < -0.39 is 0 Å². The predicted octanol–water partition coefficient (Wildman–Crippen LogP) is 2.92. The molecular formula is C19H25IN4O. The van der Waals surface area contributed by atoms with Crippen molar-refractivity contribution < 1.29 is 4.79 Å². The van der Waals surface area contributed by atoms with E-state index in [0.29, 0.717) is 18.7 Å². The second-order valence-corrected chi connectivity index (χ2v) is 5.31. The van der Waals surface area contributed by atoms with Gasteiger partial charge >= 0.3 is 0 Å². The van der Waals surface area contributed by atoms with Crippen LogP contribution in [0.3, 0.4) is 0 Å². The molecular weight excluding hydrogens is 427 g/mol. The number of carbonyl (C=O) groups excluding carboxylic acids is 1. The van der Waals surface area contributed by atoms with E-state index in [0.717, 1.165) is 18.1 Å². The molecule has 1 amide bonds. The molecule has 5 nitrogen and oxygen atoms in total. The van der Waals surface area contributed by atoms with Gasteiger partial charge in [-0.15, -0.1) is 24.0 Å². The summed E-state index contributed by atoms with van der Waals surface area (Å²) in [5.41, 5.74) is 2.92. The highest BCUT2D eigenvalue weighted by atomic mass is 127. The largest absolute Gasteiger partial charge is 0.357 e. The third kappa shape index (κ3) is 7.13. The molecule has 0 aliphatic carbocycles. The Labute approximate surface area is 166 Å². The van der Waals surface area contributed by atoms with E-state index in [1.807, 2.05) is 49.4 Å². The van der Waals surface area contributed by atoms with Crippen LogP contribution < -0.4 is 16.0 Å². The van der Waals surface area contributed by atoms with Gasteiger partial charge in [-0.3, -0.25) is 4.79 Å². The lowest BCUT2D eigenvalue weighted by molar-refractivity contribution is 0.0963. The zero-order valence-electron chi connectivity index (χ0n) is 14.6. The molecule has 134 valence electrons. The van der Waals surface area contributed by atoms with Crippen LogP contribution in [0.5, 0.6) is 0 Å². The summed E-state index contributed by atoms with van der Waals surface area (Å²) in [5, 5.41) is 9.16. The van der Waals surface area contributed by atoms with Gasteiger partial charge in [-0.1, -0.05) is 42.5 Å². The Balaban J connectivity index is 0.00000312. The van der Waals surface area contributed by atoms with Crippen molar-refractivity contribution in [2.24, 2.45) is 4.99 Å². The molecule has 0 saturated carbocycles. The minimum atomic E-state index is -0.0766. The number of carbonyl (C=O) groups is 1. The zero-order chi connectivity index (χ0) is 17.2. The smallest absolute Gasteiger partial charge is 0.251 e. The maximum absolute atomic E-state index is 11.5. The summed E-state index contributed by atoms with van der Waals surface area (Å²) in [6.45, 7) is 4.12. The molecule has 25 heavy (non-hydrogen) atoms. The maximum Gasteiger partial charge on any atom is 0.251 e. The molecule has 2 aromatic rings. The molecule has 6 heteroatoms. The third-order valence-corrected chi connectivity index (χ3v) is 3.51. The van der Waals surface area contributed by atoms with Gasteiger partial charge in [0.25, 0.3) is 5.91 Å². The highest BCUT2D eigenvalue weighted by Crippen LogP contribution is 2.04. The summed E-state index contributed by atoms with van der Waals surface area (Å²) in [6.07, 6.45) is 0. The Morgan fingerprint density at radius 3 is 2.24 bits per heavy atom. The average Bonchev–Trinajstić information content (AvgIpc) is 2.64. The summed E-state index contributed by atoms with van der Waals surface area (Å²) in [5.74, 6) is 0.698. The normalized spacial score (nSPS) is 10.6. The summed E-state index contributed by atoms with van der Waals surface area (Å²) in [4.78, 5) is 16.1. The first kappa shape index (κ1) is 21.0. The van der Waals surface area contributed by atoms with Crippen molar-refractivity contribution in [2.75, 3.05) is 13.6 Å². The molecule has 0 atom stereocenters. The van der Waals surface area contributed by atoms with Gasteiger partial charge < -0.3 is 16.0 Å². The summed E-state index contributed by atoms with van der Waals surface area (Å²) in [6, 6.07) is 17.7. The first-order valence-corrected chi connectivity index (χ1v) is 8.10. The Bertz CT molecular complexity index is 672. The van der Waals surface area contributed by atoms with E-state index in [-0.39, 0.29) is 29.9 Å². The third-order valence-electron chi connectivity index (χ3n) is 3.51. The number of aliphatic imine (C=N–C) groups is 1. The van der Waals surface area contributed by atoms with E-state index >= 15 is 0 Å². The van der Waals surface area contributed by atoms with Crippen molar-refractivity contribution in [2.45, 2.75) is 20.0 Å². The van der Waals surface area contributed by atoms with Gasteiger partial charge in [-0.2, -0.15) is 0 Å². The molecule has 0 saturated heterocycles. The number of benzene rings is 2. The first-order chi connectivity index (χ1) is 11.7. The number of nitrogens with one attached hydrogen (secondary N) is 3. The standard InChI is InChI=1S/C19H24N4O.HI/c1-3-21-19(22-13-15-7-5-4-6-8-15)23-14-16-9-11-17(12-10-16)18(24)20-2;/h4-12H,3,13-14H2,1-2H3,(H,20,24)(H2,21,22,23);1H. The second kappa shape index (κ2) is 11.5. The van der Waals surface area contributed by atoms with E-state index in [1.165, 1.54) is 5.56 Å². The van der Waals surface area contributed by atoms with E-state index in [2.05, 4.69) is 33.1 Å². The van der Waals surface area contributed by atoms with Crippen molar-refractivity contribution in [1.29, 1.82) is 0 Å². The Kier molecular flexibility index (Phi) is 9.61. The minimum absolute atomic E-state index is 0. The molecule has 3 N–H and O–H groups in total. The Morgan fingerprint density at radius 2 is 1.64 bits per heavy atom. The zero-order valence-corrected chi connectivity index (χ0v) is 16.9. The van der Waals surface area contributed by atoms with Crippen LogP contribution in [0.1, 0.15) is 28.4 Å². The molecule has 0 aliphatic rings. The lowest BCUT2D eigenvalue weighted by Crippen LogP contribution is -2.36. The van der Waals surface area contributed by atoms with Crippen molar-refractivity contribution in [3.63, 3.8) is 0 Å². The molecule has 0 bridgehead atoms. The van der Waals surface area contributed by atoms with Crippen LogP contribution in [0.25, 0.3) is 0 Å². The SMILES string of the molecule is CCNC(=NCc1ccccc1)NCc1ccc(C(=O)NC)cc1.I. The van der Waals surface area contributed by atoms with Crippen LogP contribution in [-0.4, -0.2) is 25.5 Å². The number of hydrogen-bond acceptors (Lipinski definition) is 2. The fraction of sp³-hybridized carbons (Fsp3) is 0.263. The molecule has 2 rings (SSSR count). The number of amides is 1. The van der Waals surface area contributed by atoms with Crippen LogP contribution in [0, 0.1) is 0 Å². The molecule has 0 unspecified atom stereocenters. The molecule has 0 radical (unpaired) electrons. The number of guanidine groups is 1. The molecule has 0 aliphatic heterocycles. The van der Waals surface area contributed by atoms with Gasteiger partial charge in [-0.25, -0.2) is 4.99 Å². The summed E-state index contributed by atoms with van der Waals surface area (Å²) < 4.78 is 0. The topological polar surface area (TPSA) is 65.5 Å². The van der Waals surface area contributed by atoms with Gasteiger partial charge in [0.15, 0.2) is 5.96 Å². The van der Waals surface area contributed by atoms with E-state index in [9.17, 15) is 4.79 Å². The lowest BCUT2D eigenvalue weighted by Gasteiger charge is -2.11. The highest BCUT2D eigenvalue weighted by molar-refractivity contribution is 14.0. The molecule has 0 spiro atoms. The van der Waals surface area contributed by atoms with E-state index in [4.69, 9.17) is 0 Å². The van der Waals surface area contributed by atoms with Crippen LogP contribution in [-0.2, 0) is 13.1 Å². The number of hydrogen-bond donors (Lipinski definition) is 3. The van der Waals surface area contributed by atoms with Crippen LogP contribution >= 0.6 is 24.0 Å². The quantitative estimate of drug-likeness (QED) is 0.359. The average molecular weight is 452 g/mol. The van der Waals surface area contributed by atoms with Crippen LogP contribution in [0.2, 0.25) is 0 Å². The predicted molar refractivity (Wildman–Crippen MR) is 113 cm³/mol. The molecule has 0 heterocycles. The molecule has 0 fully saturated rings. The second-order valence-electron chi connectivity index (χ2n) is 5.31. The Hall–Kier alpha value is -2.09. The van der Waals surface area contributed by atoms with Gasteiger partial charge in [0.1, 0.15) is 0 Å². The van der Waals surface area contributed by atoms with Gasteiger partial charge in [0, 0.05) is 25.7 Å². The van der Waals surface area contributed by atoms with Crippen LogP contribution in [0.4, 0.5) is 0 Å².